The van der Waals surface area contributed by atoms with Crippen LogP contribution in [0.2, 0.25) is 0 Å². The van der Waals surface area contributed by atoms with Gasteiger partial charge in [-0.3, -0.25) is 0 Å². The van der Waals surface area contributed by atoms with E-state index in [-0.39, 0.29) is 18.2 Å². The third kappa shape index (κ3) is 3.18. The average molecular weight is 340 g/mol. The molecule has 2 N–H and O–H groups in total. The van der Waals surface area contributed by atoms with Crippen LogP contribution in [0.25, 0.3) is 0 Å². The number of fused-ring (bicyclic) bond motifs is 1. The molecule has 3 atom stereocenters. The molecule has 3 rings (SSSR count). The highest BCUT2D eigenvalue weighted by Crippen LogP contribution is 2.35. The summed E-state index contributed by atoms with van der Waals surface area (Å²) in [5, 5.41) is 14.0. The van der Waals surface area contributed by atoms with Crippen molar-refractivity contribution in [3.63, 3.8) is 0 Å². The zero-order valence-electron chi connectivity index (χ0n) is 11.6. The van der Waals surface area contributed by atoms with Gasteiger partial charge in [-0.25, -0.2) is 0 Å². The predicted molar refractivity (Wildman–Crippen MR) is 83.0 cm³/mol. The lowest BCUT2D eigenvalue weighted by atomic mass is 9.97. The van der Waals surface area contributed by atoms with E-state index in [1.807, 2.05) is 12.1 Å². The normalized spacial score (nSPS) is 30.2. The van der Waals surface area contributed by atoms with Gasteiger partial charge in [0.1, 0.15) is 5.75 Å². The quantitative estimate of drug-likeness (QED) is 0.809. The Bertz CT molecular complexity index is 466. The largest absolute Gasteiger partial charge is 0.493 e. The SMILES string of the molecule is OC1CCCCCC1NC1CCOc2ccc(Br)cc21. The maximum Gasteiger partial charge on any atom is 0.124 e. The van der Waals surface area contributed by atoms with Crippen LogP contribution in [0.3, 0.4) is 0 Å². The molecule has 1 saturated carbocycles. The Morgan fingerprint density at radius 1 is 1.15 bits per heavy atom. The Morgan fingerprint density at radius 3 is 2.90 bits per heavy atom. The van der Waals surface area contributed by atoms with Crippen molar-refractivity contribution in [1.29, 1.82) is 0 Å². The molecule has 0 amide bonds. The number of nitrogens with one attached hydrogen (secondary N) is 1. The topological polar surface area (TPSA) is 41.5 Å². The smallest absolute Gasteiger partial charge is 0.124 e. The van der Waals surface area contributed by atoms with Gasteiger partial charge in [0.05, 0.1) is 12.7 Å². The fourth-order valence-electron chi connectivity index (χ4n) is 3.28. The number of aliphatic hydroxyl groups is 1. The highest BCUT2D eigenvalue weighted by atomic mass is 79.9. The van der Waals surface area contributed by atoms with Gasteiger partial charge in [0.15, 0.2) is 0 Å². The number of rotatable bonds is 2. The number of halogens is 1. The van der Waals surface area contributed by atoms with Gasteiger partial charge in [-0.1, -0.05) is 35.2 Å². The number of ether oxygens (including phenoxy) is 1. The first-order valence-corrected chi connectivity index (χ1v) is 8.40. The van der Waals surface area contributed by atoms with E-state index in [9.17, 15) is 5.11 Å². The number of aliphatic hydroxyl groups excluding tert-OH is 1. The maximum atomic E-state index is 10.3. The van der Waals surface area contributed by atoms with Gasteiger partial charge in [0, 0.05) is 28.5 Å². The van der Waals surface area contributed by atoms with Crippen molar-refractivity contribution in [2.24, 2.45) is 0 Å². The van der Waals surface area contributed by atoms with Crippen molar-refractivity contribution in [1.82, 2.24) is 5.32 Å². The van der Waals surface area contributed by atoms with Crippen LogP contribution in [0.1, 0.15) is 50.1 Å². The van der Waals surface area contributed by atoms with Crippen LogP contribution in [-0.4, -0.2) is 23.9 Å². The molecular weight excluding hydrogens is 318 g/mol. The third-order valence-corrected chi connectivity index (χ3v) is 4.90. The van der Waals surface area contributed by atoms with Crippen LogP contribution in [0, 0.1) is 0 Å². The van der Waals surface area contributed by atoms with Crippen LogP contribution in [0.5, 0.6) is 5.75 Å². The number of hydrogen-bond donors (Lipinski definition) is 2. The average Bonchev–Trinajstić information content (AvgIpc) is 2.65. The lowest BCUT2D eigenvalue weighted by Crippen LogP contribution is -2.42. The summed E-state index contributed by atoms with van der Waals surface area (Å²) in [6.45, 7) is 0.745. The molecule has 20 heavy (non-hydrogen) atoms. The highest BCUT2D eigenvalue weighted by Gasteiger charge is 2.28. The number of hydrogen-bond acceptors (Lipinski definition) is 3. The molecule has 1 aromatic rings. The summed E-state index contributed by atoms with van der Waals surface area (Å²) >= 11 is 3.53. The van der Waals surface area contributed by atoms with Crippen LogP contribution in [0.4, 0.5) is 0 Å². The number of benzene rings is 1. The standard InChI is InChI=1S/C16H22BrNO2/c17-11-6-7-16-12(10-11)13(8-9-20-16)18-14-4-2-1-3-5-15(14)19/h6-7,10,13-15,18-19H,1-5,8-9H2. The second-order valence-electron chi connectivity index (χ2n) is 5.85. The minimum atomic E-state index is -0.212. The fourth-order valence-corrected chi connectivity index (χ4v) is 3.66. The second-order valence-corrected chi connectivity index (χ2v) is 6.77. The molecule has 1 heterocycles. The van der Waals surface area contributed by atoms with Crippen LogP contribution in [0.15, 0.2) is 22.7 Å². The lowest BCUT2D eigenvalue weighted by Gasteiger charge is -2.32. The first-order valence-electron chi connectivity index (χ1n) is 7.60. The van der Waals surface area contributed by atoms with Gasteiger partial charge in [0.2, 0.25) is 0 Å². The van der Waals surface area contributed by atoms with Crippen LogP contribution < -0.4 is 10.1 Å². The Hall–Kier alpha value is -0.580. The predicted octanol–water partition coefficient (Wildman–Crippen LogP) is 3.56. The molecule has 110 valence electrons. The van der Waals surface area contributed by atoms with Gasteiger partial charge < -0.3 is 15.2 Å². The second kappa shape index (κ2) is 6.46. The summed E-state index contributed by atoms with van der Waals surface area (Å²) in [4.78, 5) is 0. The van der Waals surface area contributed by atoms with E-state index in [0.717, 1.165) is 42.5 Å². The van der Waals surface area contributed by atoms with E-state index in [2.05, 4.69) is 27.3 Å². The van der Waals surface area contributed by atoms with Crippen molar-refractivity contribution in [2.75, 3.05) is 6.61 Å². The minimum Gasteiger partial charge on any atom is -0.493 e. The Kier molecular flexibility index (Phi) is 4.64. The highest BCUT2D eigenvalue weighted by molar-refractivity contribution is 9.10. The van der Waals surface area contributed by atoms with E-state index in [4.69, 9.17) is 4.74 Å². The Labute approximate surface area is 128 Å². The van der Waals surface area contributed by atoms with Crippen LogP contribution >= 0.6 is 15.9 Å². The Balaban J connectivity index is 1.76. The van der Waals surface area contributed by atoms with Gasteiger partial charge in [-0.15, -0.1) is 0 Å². The monoisotopic (exact) mass is 339 g/mol. The maximum absolute atomic E-state index is 10.3. The summed E-state index contributed by atoms with van der Waals surface area (Å²) in [6, 6.07) is 6.68. The van der Waals surface area contributed by atoms with Gasteiger partial charge in [0.25, 0.3) is 0 Å². The van der Waals surface area contributed by atoms with Crippen molar-refractivity contribution in [2.45, 2.75) is 56.7 Å². The van der Waals surface area contributed by atoms with Gasteiger partial charge >= 0.3 is 0 Å². The van der Waals surface area contributed by atoms with Crippen molar-refractivity contribution < 1.29 is 9.84 Å². The third-order valence-electron chi connectivity index (χ3n) is 4.41. The molecule has 1 fully saturated rings. The molecule has 0 spiro atoms. The van der Waals surface area contributed by atoms with Crippen molar-refractivity contribution >= 4 is 15.9 Å². The summed E-state index contributed by atoms with van der Waals surface area (Å²) < 4.78 is 6.80. The first kappa shape index (κ1) is 14.4. The van der Waals surface area contributed by atoms with Crippen LogP contribution in [-0.2, 0) is 0 Å². The molecule has 0 aromatic heterocycles. The van der Waals surface area contributed by atoms with E-state index in [1.165, 1.54) is 18.4 Å². The summed E-state index contributed by atoms with van der Waals surface area (Å²) in [6.07, 6.45) is 6.35. The lowest BCUT2D eigenvalue weighted by molar-refractivity contribution is 0.108. The molecular formula is C16H22BrNO2. The van der Waals surface area contributed by atoms with Gasteiger partial charge in [-0.05, 0) is 31.0 Å². The van der Waals surface area contributed by atoms with E-state index in [1.54, 1.807) is 0 Å². The fraction of sp³-hybridized carbons (Fsp3) is 0.625. The molecule has 0 saturated heterocycles. The zero-order valence-corrected chi connectivity index (χ0v) is 13.2. The molecule has 3 nitrogen and oxygen atoms in total. The molecule has 1 aliphatic carbocycles. The van der Waals surface area contributed by atoms with Crippen molar-refractivity contribution in [3.8, 4) is 5.75 Å². The van der Waals surface area contributed by atoms with E-state index in [0.29, 0.717) is 0 Å². The minimum absolute atomic E-state index is 0.212. The molecule has 0 radical (unpaired) electrons. The summed E-state index contributed by atoms with van der Waals surface area (Å²) in [5.41, 5.74) is 1.21. The molecule has 4 heteroatoms. The molecule has 1 aromatic carbocycles. The molecule has 2 aliphatic rings. The molecule has 3 unspecified atom stereocenters. The van der Waals surface area contributed by atoms with Crippen molar-refractivity contribution in [3.05, 3.63) is 28.2 Å². The molecule has 1 aliphatic heterocycles. The van der Waals surface area contributed by atoms with Gasteiger partial charge in [-0.2, -0.15) is 0 Å². The molecule has 0 bridgehead atoms. The Morgan fingerprint density at radius 2 is 2.00 bits per heavy atom. The first-order chi connectivity index (χ1) is 9.74. The van der Waals surface area contributed by atoms with E-state index < -0.39 is 0 Å². The summed E-state index contributed by atoms with van der Waals surface area (Å²) in [7, 11) is 0. The zero-order chi connectivity index (χ0) is 13.9. The summed E-state index contributed by atoms with van der Waals surface area (Å²) in [5.74, 6) is 0.972. The van der Waals surface area contributed by atoms with E-state index >= 15 is 0 Å².